The largest absolute Gasteiger partial charge is 0.498 e. The van der Waals surface area contributed by atoms with Crippen LogP contribution in [0, 0.1) is 12.8 Å². The van der Waals surface area contributed by atoms with E-state index in [9.17, 15) is 0 Å². The molecule has 2 aromatic heterocycles. The van der Waals surface area contributed by atoms with Crippen LogP contribution in [-0.4, -0.2) is 34.6 Å². The van der Waals surface area contributed by atoms with Gasteiger partial charge >= 0.3 is 0 Å². The number of nitrogens with zero attached hydrogens (tertiary/aromatic N) is 2. The molecule has 32 heavy (non-hydrogen) atoms. The first-order valence-electron chi connectivity index (χ1n) is 11.3. The minimum absolute atomic E-state index is 0.497. The fourth-order valence-electron chi connectivity index (χ4n) is 4.18. The average molecular weight is 432 g/mol. The van der Waals surface area contributed by atoms with Gasteiger partial charge in [0.1, 0.15) is 5.75 Å². The molecule has 1 fully saturated rings. The number of aryl methyl sites for hydroxylation is 1. The summed E-state index contributed by atoms with van der Waals surface area (Å²) in [5.74, 6) is 3.41. The summed E-state index contributed by atoms with van der Waals surface area (Å²) in [6.45, 7) is 5.02. The highest BCUT2D eigenvalue weighted by Gasteiger charge is 2.15. The highest BCUT2D eigenvalue weighted by atomic mass is 16.5. The Labute approximate surface area is 187 Å². The highest BCUT2D eigenvalue weighted by Crippen LogP contribution is 2.26. The predicted octanol–water partition coefficient (Wildman–Crippen LogP) is 5.05. The molecule has 0 saturated carbocycles. The van der Waals surface area contributed by atoms with Crippen LogP contribution in [0.4, 0.5) is 5.95 Å². The maximum Gasteiger partial charge on any atom is 0.230 e. The van der Waals surface area contributed by atoms with Crippen molar-refractivity contribution in [2.24, 2.45) is 5.92 Å². The van der Waals surface area contributed by atoms with Crippen molar-refractivity contribution in [3.8, 4) is 11.6 Å². The maximum absolute atomic E-state index is 6.11. The van der Waals surface area contributed by atoms with E-state index in [1.165, 1.54) is 12.8 Å². The Hall–Kier alpha value is -3.32. The fraction of sp³-hybridized carbons (Fsp3) is 0.360. The van der Waals surface area contributed by atoms with E-state index in [2.05, 4.69) is 43.8 Å². The molecule has 1 saturated heterocycles. The number of allylic oxidation sites excluding steroid dienone is 3. The van der Waals surface area contributed by atoms with Gasteiger partial charge in [0.2, 0.25) is 11.8 Å². The van der Waals surface area contributed by atoms with Gasteiger partial charge in [-0.05, 0) is 75.5 Å². The molecule has 0 unspecified atom stereocenters. The van der Waals surface area contributed by atoms with Crippen molar-refractivity contribution in [1.82, 2.24) is 20.3 Å². The molecule has 7 nitrogen and oxygen atoms in total. The van der Waals surface area contributed by atoms with Gasteiger partial charge in [-0.2, -0.15) is 4.98 Å². The molecule has 7 heteroatoms. The first-order valence-corrected chi connectivity index (χ1v) is 11.3. The van der Waals surface area contributed by atoms with Crippen LogP contribution in [-0.2, 0) is 4.74 Å². The van der Waals surface area contributed by atoms with Gasteiger partial charge in [-0.25, -0.2) is 4.98 Å². The molecular weight excluding hydrogens is 402 g/mol. The minimum atomic E-state index is 0.497. The lowest BCUT2D eigenvalue weighted by Gasteiger charge is -2.24. The molecule has 0 bridgehead atoms. The number of nitrogens with one attached hydrogen (secondary N) is 3. The van der Waals surface area contributed by atoms with Gasteiger partial charge in [-0.15, -0.1) is 0 Å². The molecule has 0 spiro atoms. The molecule has 1 aliphatic carbocycles. The first-order chi connectivity index (χ1) is 15.7. The molecule has 0 radical (unpaired) electrons. The predicted molar refractivity (Wildman–Crippen MR) is 126 cm³/mol. The van der Waals surface area contributed by atoms with E-state index >= 15 is 0 Å². The standard InChI is InChI=1S/C25H29N5O2/c1-17-13-19-14-22(5-6-23(19)28-17)32-24-9-12-27-25(30-24)29-20-3-2-4-21(15-20)31-16-18-7-10-26-11-8-18/h3,5-6,9,12-15,18,26,28H,2,4,7-8,10-11,16H2,1H3,(H,27,29,30). The van der Waals surface area contributed by atoms with Crippen molar-refractivity contribution in [3.05, 3.63) is 65.8 Å². The van der Waals surface area contributed by atoms with E-state index in [1.807, 2.05) is 25.1 Å². The van der Waals surface area contributed by atoms with Gasteiger partial charge in [0.05, 0.1) is 12.4 Å². The highest BCUT2D eigenvalue weighted by molar-refractivity contribution is 5.81. The summed E-state index contributed by atoms with van der Waals surface area (Å²) < 4.78 is 12.1. The number of hydrogen-bond acceptors (Lipinski definition) is 6. The number of aromatic amines is 1. The lowest BCUT2D eigenvalue weighted by atomic mass is 9.99. The third-order valence-electron chi connectivity index (χ3n) is 5.87. The third-order valence-corrected chi connectivity index (χ3v) is 5.87. The molecular formula is C25H29N5O2. The van der Waals surface area contributed by atoms with E-state index in [1.54, 1.807) is 12.3 Å². The molecule has 1 aromatic carbocycles. The second kappa shape index (κ2) is 9.44. The SMILES string of the molecule is Cc1cc2cc(Oc3ccnc(NC4=CCCC(OCC5CCNCC5)=C4)n3)ccc2[nH]1. The van der Waals surface area contributed by atoms with Crippen LogP contribution >= 0.6 is 0 Å². The van der Waals surface area contributed by atoms with Crippen molar-refractivity contribution < 1.29 is 9.47 Å². The zero-order valence-corrected chi connectivity index (χ0v) is 18.4. The number of piperidine rings is 1. The van der Waals surface area contributed by atoms with Crippen LogP contribution in [0.1, 0.15) is 31.4 Å². The van der Waals surface area contributed by atoms with Gasteiger partial charge in [0, 0.05) is 41.0 Å². The summed E-state index contributed by atoms with van der Waals surface area (Å²) in [6, 6.07) is 9.82. The van der Waals surface area contributed by atoms with Crippen LogP contribution in [0.2, 0.25) is 0 Å². The van der Waals surface area contributed by atoms with Gasteiger partial charge in [0.25, 0.3) is 0 Å². The Bertz CT molecular complexity index is 1140. The molecule has 0 atom stereocenters. The lowest BCUT2D eigenvalue weighted by Crippen LogP contribution is -2.29. The summed E-state index contributed by atoms with van der Waals surface area (Å²) in [6.07, 6.45) is 10.1. The van der Waals surface area contributed by atoms with Gasteiger partial charge in [-0.1, -0.05) is 6.08 Å². The smallest absolute Gasteiger partial charge is 0.230 e. The molecule has 166 valence electrons. The van der Waals surface area contributed by atoms with Crippen LogP contribution in [0.5, 0.6) is 11.6 Å². The van der Waals surface area contributed by atoms with Crippen molar-refractivity contribution in [2.75, 3.05) is 25.0 Å². The minimum Gasteiger partial charge on any atom is -0.498 e. The maximum atomic E-state index is 6.11. The van der Waals surface area contributed by atoms with Crippen LogP contribution in [0.25, 0.3) is 10.9 Å². The Kier molecular flexibility index (Phi) is 6.07. The Morgan fingerprint density at radius 1 is 1.16 bits per heavy atom. The molecule has 2 aliphatic rings. The molecule has 1 aliphatic heterocycles. The second-order valence-electron chi connectivity index (χ2n) is 8.46. The Balaban J connectivity index is 1.21. The van der Waals surface area contributed by atoms with Gasteiger partial charge in [-0.3, -0.25) is 0 Å². The number of benzene rings is 1. The Morgan fingerprint density at radius 2 is 2.06 bits per heavy atom. The number of anilines is 1. The molecule has 3 heterocycles. The number of H-pyrrole nitrogens is 1. The molecule has 0 amide bonds. The second-order valence-corrected chi connectivity index (χ2v) is 8.46. The van der Waals surface area contributed by atoms with Crippen molar-refractivity contribution in [3.63, 3.8) is 0 Å². The number of rotatable bonds is 7. The number of aromatic nitrogens is 3. The zero-order chi connectivity index (χ0) is 21.8. The van der Waals surface area contributed by atoms with Crippen LogP contribution < -0.4 is 15.4 Å². The van der Waals surface area contributed by atoms with E-state index in [4.69, 9.17) is 9.47 Å². The van der Waals surface area contributed by atoms with Crippen molar-refractivity contribution in [1.29, 1.82) is 0 Å². The number of hydrogen-bond donors (Lipinski definition) is 3. The Morgan fingerprint density at radius 3 is 2.97 bits per heavy atom. The monoisotopic (exact) mass is 431 g/mol. The molecule has 5 rings (SSSR count). The molecule has 3 N–H and O–H groups in total. The fourth-order valence-corrected chi connectivity index (χ4v) is 4.18. The van der Waals surface area contributed by atoms with E-state index in [0.717, 1.165) is 66.3 Å². The van der Waals surface area contributed by atoms with Crippen LogP contribution in [0.3, 0.4) is 0 Å². The average Bonchev–Trinajstić information content (AvgIpc) is 3.18. The van der Waals surface area contributed by atoms with Crippen molar-refractivity contribution in [2.45, 2.75) is 32.6 Å². The molecule has 3 aromatic rings. The zero-order valence-electron chi connectivity index (χ0n) is 18.4. The number of fused-ring (bicyclic) bond motifs is 1. The number of ether oxygens (including phenoxy) is 2. The van der Waals surface area contributed by atoms with Gasteiger partial charge in [0.15, 0.2) is 0 Å². The summed E-state index contributed by atoms with van der Waals surface area (Å²) in [5, 5.41) is 7.81. The summed E-state index contributed by atoms with van der Waals surface area (Å²) in [7, 11) is 0. The van der Waals surface area contributed by atoms with Crippen molar-refractivity contribution >= 4 is 16.9 Å². The van der Waals surface area contributed by atoms with Crippen LogP contribution in [0.15, 0.2) is 60.1 Å². The normalized spacial score (nSPS) is 17.0. The third kappa shape index (κ3) is 5.11. The first kappa shape index (κ1) is 20.6. The van der Waals surface area contributed by atoms with E-state index in [-0.39, 0.29) is 0 Å². The summed E-state index contributed by atoms with van der Waals surface area (Å²) in [5.41, 5.74) is 3.17. The summed E-state index contributed by atoms with van der Waals surface area (Å²) in [4.78, 5) is 12.2. The lowest BCUT2D eigenvalue weighted by molar-refractivity contribution is 0.139. The topological polar surface area (TPSA) is 84.1 Å². The van der Waals surface area contributed by atoms with Gasteiger partial charge < -0.3 is 25.1 Å². The quantitative estimate of drug-likeness (QED) is 0.486. The van der Waals surface area contributed by atoms with E-state index < -0.39 is 0 Å². The van der Waals surface area contributed by atoms with E-state index in [0.29, 0.717) is 17.7 Å². The summed E-state index contributed by atoms with van der Waals surface area (Å²) >= 11 is 0.